The van der Waals surface area contributed by atoms with E-state index in [0.717, 1.165) is 27.8 Å². The summed E-state index contributed by atoms with van der Waals surface area (Å²) in [6.45, 7) is 2.56. The summed E-state index contributed by atoms with van der Waals surface area (Å²) in [5.41, 5.74) is 2.10. The first-order chi connectivity index (χ1) is 10.2. The summed E-state index contributed by atoms with van der Waals surface area (Å²) < 4.78 is 6.22. The Morgan fingerprint density at radius 3 is 2.95 bits per heavy atom. The molecule has 1 aromatic carbocycles. The van der Waals surface area contributed by atoms with Crippen LogP contribution >= 0.6 is 23.1 Å². The molecule has 1 heterocycles. The number of hydrogen-bond acceptors (Lipinski definition) is 5. The Balaban J connectivity index is 1.71. The van der Waals surface area contributed by atoms with Crippen LogP contribution in [0.25, 0.3) is 0 Å². The third kappa shape index (κ3) is 5.06. The predicted octanol–water partition coefficient (Wildman–Crippen LogP) is 2.91. The van der Waals surface area contributed by atoms with Crippen LogP contribution in [-0.2, 0) is 11.2 Å². The van der Waals surface area contributed by atoms with Crippen molar-refractivity contribution in [2.24, 2.45) is 0 Å². The van der Waals surface area contributed by atoms with Crippen molar-refractivity contribution in [3.63, 3.8) is 0 Å². The molecule has 1 aromatic heterocycles. The summed E-state index contributed by atoms with van der Waals surface area (Å²) in [6.07, 6.45) is 0.761. The fourth-order valence-electron chi connectivity index (χ4n) is 1.82. The lowest BCUT2D eigenvalue weighted by atomic mass is 10.1. The lowest BCUT2D eigenvalue weighted by molar-refractivity contribution is -0.118. The minimum Gasteiger partial charge on any atom is -0.496 e. The van der Waals surface area contributed by atoms with Crippen LogP contribution in [-0.4, -0.2) is 30.3 Å². The average molecular weight is 322 g/mol. The number of hydrogen-bond donors (Lipinski definition) is 1. The molecular weight excluding hydrogens is 304 g/mol. The molecule has 1 N–H and O–H groups in total. The fraction of sp³-hybridized carbons (Fsp3) is 0.333. The van der Waals surface area contributed by atoms with E-state index < -0.39 is 0 Å². The largest absolute Gasteiger partial charge is 0.496 e. The van der Waals surface area contributed by atoms with Gasteiger partial charge in [0.15, 0.2) is 4.34 Å². The minimum absolute atomic E-state index is 0.0303. The Kier molecular flexibility index (Phi) is 6.07. The number of aromatic nitrogens is 1. The molecule has 0 unspecified atom stereocenters. The van der Waals surface area contributed by atoms with Crippen molar-refractivity contribution >= 4 is 29.0 Å². The summed E-state index contributed by atoms with van der Waals surface area (Å²) >= 11 is 3.05. The number of amides is 1. The highest BCUT2D eigenvalue weighted by Crippen LogP contribution is 2.22. The van der Waals surface area contributed by atoms with Crippen molar-refractivity contribution in [2.75, 3.05) is 19.4 Å². The van der Waals surface area contributed by atoms with Crippen molar-refractivity contribution < 1.29 is 9.53 Å². The molecule has 0 saturated carbocycles. The van der Waals surface area contributed by atoms with Crippen molar-refractivity contribution in [1.29, 1.82) is 0 Å². The van der Waals surface area contributed by atoms with E-state index >= 15 is 0 Å². The monoisotopic (exact) mass is 322 g/mol. The zero-order valence-electron chi connectivity index (χ0n) is 12.1. The highest BCUT2D eigenvalue weighted by Gasteiger charge is 2.06. The lowest BCUT2D eigenvalue weighted by Gasteiger charge is -2.08. The van der Waals surface area contributed by atoms with Gasteiger partial charge in [0.05, 0.1) is 12.9 Å². The first kappa shape index (κ1) is 15.9. The van der Waals surface area contributed by atoms with Gasteiger partial charge in [-0.1, -0.05) is 30.0 Å². The number of ether oxygens (including phenoxy) is 1. The van der Waals surface area contributed by atoms with Crippen LogP contribution in [0.2, 0.25) is 0 Å². The van der Waals surface area contributed by atoms with E-state index in [1.807, 2.05) is 36.6 Å². The van der Waals surface area contributed by atoms with Gasteiger partial charge in [0.25, 0.3) is 0 Å². The summed E-state index contributed by atoms with van der Waals surface area (Å²) in [5.74, 6) is 1.29. The van der Waals surface area contributed by atoms with Crippen molar-refractivity contribution in [3.05, 3.63) is 40.9 Å². The second-order valence-electron chi connectivity index (χ2n) is 4.46. The molecule has 6 heteroatoms. The molecule has 0 spiro atoms. The number of nitrogens with one attached hydrogen (secondary N) is 1. The molecule has 0 bridgehead atoms. The molecule has 2 aromatic rings. The van der Waals surface area contributed by atoms with Gasteiger partial charge in [-0.25, -0.2) is 4.98 Å². The van der Waals surface area contributed by atoms with Crippen LogP contribution in [0.15, 0.2) is 34.0 Å². The number of carbonyl (C=O) groups is 1. The number of carbonyl (C=O) groups excluding carboxylic acids is 1. The Bertz CT molecular complexity index is 599. The quantitative estimate of drug-likeness (QED) is 0.796. The van der Waals surface area contributed by atoms with Gasteiger partial charge in [0, 0.05) is 17.6 Å². The van der Waals surface area contributed by atoms with Gasteiger partial charge in [-0.2, -0.15) is 0 Å². The second-order valence-corrected chi connectivity index (χ2v) is 6.54. The Labute approximate surface area is 132 Å². The van der Waals surface area contributed by atoms with Crippen molar-refractivity contribution in [3.8, 4) is 5.75 Å². The molecule has 112 valence electrons. The van der Waals surface area contributed by atoms with Crippen LogP contribution in [0, 0.1) is 6.92 Å². The molecule has 1 amide bonds. The van der Waals surface area contributed by atoms with Crippen LogP contribution < -0.4 is 10.1 Å². The maximum absolute atomic E-state index is 11.8. The van der Waals surface area contributed by atoms with E-state index in [4.69, 9.17) is 4.74 Å². The van der Waals surface area contributed by atoms with Gasteiger partial charge in [-0.15, -0.1) is 11.3 Å². The Morgan fingerprint density at radius 2 is 2.24 bits per heavy atom. The van der Waals surface area contributed by atoms with Gasteiger partial charge in [-0.3, -0.25) is 4.79 Å². The van der Waals surface area contributed by atoms with Crippen LogP contribution in [0.5, 0.6) is 5.75 Å². The van der Waals surface area contributed by atoms with Crippen LogP contribution in [0.1, 0.15) is 11.3 Å². The second kappa shape index (κ2) is 8.05. The summed E-state index contributed by atoms with van der Waals surface area (Å²) in [4.78, 5) is 16.1. The third-order valence-corrected chi connectivity index (χ3v) is 4.97. The molecule has 0 saturated heterocycles. The molecule has 0 fully saturated rings. The maximum Gasteiger partial charge on any atom is 0.230 e. The van der Waals surface area contributed by atoms with E-state index in [9.17, 15) is 4.79 Å². The number of nitrogens with zero attached hydrogens (tertiary/aromatic N) is 1. The third-order valence-electron chi connectivity index (χ3n) is 2.83. The molecule has 2 rings (SSSR count). The average Bonchev–Trinajstić information content (AvgIpc) is 2.91. The van der Waals surface area contributed by atoms with E-state index in [-0.39, 0.29) is 5.91 Å². The van der Waals surface area contributed by atoms with E-state index in [0.29, 0.717) is 12.3 Å². The summed E-state index contributed by atoms with van der Waals surface area (Å²) in [7, 11) is 1.66. The van der Waals surface area contributed by atoms with Gasteiger partial charge in [0.1, 0.15) is 5.75 Å². The molecule has 0 aliphatic heterocycles. The Hall–Kier alpha value is -1.53. The zero-order valence-corrected chi connectivity index (χ0v) is 13.7. The number of para-hydroxylation sites is 1. The van der Waals surface area contributed by atoms with Gasteiger partial charge >= 0.3 is 0 Å². The number of methoxy groups -OCH3 is 1. The number of aryl methyl sites for hydroxylation is 1. The van der Waals surface area contributed by atoms with Gasteiger partial charge < -0.3 is 10.1 Å². The minimum atomic E-state index is 0.0303. The predicted molar refractivity (Wildman–Crippen MR) is 87.3 cm³/mol. The van der Waals surface area contributed by atoms with E-state index in [2.05, 4.69) is 10.3 Å². The first-order valence-electron chi connectivity index (χ1n) is 6.62. The molecule has 0 atom stereocenters. The smallest absolute Gasteiger partial charge is 0.230 e. The number of thiazole rings is 1. The van der Waals surface area contributed by atoms with Crippen LogP contribution in [0.4, 0.5) is 0 Å². The van der Waals surface area contributed by atoms with E-state index in [1.165, 1.54) is 11.8 Å². The van der Waals surface area contributed by atoms with Gasteiger partial charge in [-0.05, 0) is 25.0 Å². The highest BCUT2D eigenvalue weighted by molar-refractivity contribution is 8.01. The lowest BCUT2D eigenvalue weighted by Crippen LogP contribution is -2.27. The first-order valence-corrected chi connectivity index (χ1v) is 8.49. The Morgan fingerprint density at radius 1 is 1.43 bits per heavy atom. The molecule has 0 aliphatic carbocycles. The van der Waals surface area contributed by atoms with Crippen LogP contribution in [0.3, 0.4) is 0 Å². The number of thioether (sulfide) groups is 1. The zero-order chi connectivity index (χ0) is 15.1. The fourth-order valence-corrected chi connectivity index (χ4v) is 3.50. The van der Waals surface area contributed by atoms with Gasteiger partial charge in [0.2, 0.25) is 5.91 Å². The molecule has 0 aliphatic rings. The molecule has 4 nitrogen and oxygen atoms in total. The van der Waals surface area contributed by atoms with Crippen molar-refractivity contribution in [2.45, 2.75) is 17.7 Å². The topological polar surface area (TPSA) is 51.2 Å². The SMILES string of the molecule is COc1ccccc1CCNC(=O)CSc1nc(C)cs1. The number of benzene rings is 1. The summed E-state index contributed by atoms with van der Waals surface area (Å²) in [6, 6.07) is 7.85. The molecular formula is C15H18N2O2S2. The van der Waals surface area contributed by atoms with E-state index in [1.54, 1.807) is 18.4 Å². The van der Waals surface area contributed by atoms with Crippen molar-refractivity contribution in [1.82, 2.24) is 10.3 Å². The standard InChI is InChI=1S/C15H18N2O2S2/c1-11-9-20-15(17-11)21-10-14(18)16-8-7-12-5-3-4-6-13(12)19-2/h3-6,9H,7-8,10H2,1-2H3,(H,16,18). The molecule has 21 heavy (non-hydrogen) atoms. The highest BCUT2D eigenvalue weighted by atomic mass is 32.2. The number of rotatable bonds is 7. The molecule has 0 radical (unpaired) electrons. The maximum atomic E-state index is 11.8. The summed E-state index contributed by atoms with van der Waals surface area (Å²) in [5, 5.41) is 4.91. The normalized spacial score (nSPS) is 10.4.